The highest BCUT2D eigenvalue weighted by Crippen LogP contribution is 2.33. The molecule has 1 aromatic rings. The molecule has 0 N–H and O–H groups in total. The predicted octanol–water partition coefficient (Wildman–Crippen LogP) is 3.40. The van der Waals surface area contributed by atoms with Gasteiger partial charge >= 0.3 is 0 Å². The summed E-state index contributed by atoms with van der Waals surface area (Å²) in [7, 11) is 1.24. The largest absolute Gasteiger partial charge is 0.338 e. The van der Waals surface area contributed by atoms with Gasteiger partial charge in [-0.3, -0.25) is 4.79 Å². The van der Waals surface area contributed by atoms with Crippen molar-refractivity contribution in [3.8, 4) is 0 Å². The van der Waals surface area contributed by atoms with E-state index in [1.54, 1.807) is 4.90 Å². The number of amides is 1. The second-order valence-electron chi connectivity index (χ2n) is 4.85. The van der Waals surface area contributed by atoms with Gasteiger partial charge in [-0.15, -0.1) is 0 Å². The van der Waals surface area contributed by atoms with Gasteiger partial charge in [-0.05, 0) is 24.5 Å². The number of halogens is 3. The van der Waals surface area contributed by atoms with Gasteiger partial charge < -0.3 is 4.90 Å². The van der Waals surface area contributed by atoms with Crippen LogP contribution in [-0.4, -0.2) is 32.3 Å². The molecule has 1 aliphatic rings. The molecule has 1 unspecified atom stereocenters. The molecule has 0 aliphatic carbocycles. The maximum Gasteiger partial charge on any atom is 0.262 e. The fourth-order valence-corrected chi connectivity index (χ4v) is 4.04. The van der Waals surface area contributed by atoms with Crippen LogP contribution < -0.4 is 0 Å². The van der Waals surface area contributed by atoms with Gasteiger partial charge in [-0.1, -0.05) is 30.1 Å². The van der Waals surface area contributed by atoms with Gasteiger partial charge in [0.15, 0.2) is 0 Å². The molecule has 0 radical (unpaired) electrons. The Morgan fingerprint density at radius 3 is 2.50 bits per heavy atom. The predicted molar refractivity (Wildman–Crippen MR) is 79.2 cm³/mol. The number of rotatable bonds is 2. The third-order valence-electron chi connectivity index (χ3n) is 3.21. The normalized spacial score (nSPS) is 19.4. The molecule has 1 fully saturated rings. The Labute approximate surface area is 132 Å². The van der Waals surface area contributed by atoms with Crippen LogP contribution in [0.5, 0.6) is 0 Å². The monoisotopic (exact) mass is 355 g/mol. The van der Waals surface area contributed by atoms with E-state index < -0.39 is 9.05 Å². The minimum atomic E-state index is -4.06. The van der Waals surface area contributed by atoms with Gasteiger partial charge in [0.25, 0.3) is 15.0 Å². The highest BCUT2D eigenvalue weighted by atomic mass is 35.7. The standard InChI is InChI=1S/C12H12Cl3NO3S/c1-7-2-3-16(6-7)12(17)9-4-8(13)5-10(11(9)14)20(15,18)19/h4-5,7H,2-3,6H2,1H3. The zero-order chi connectivity index (χ0) is 15.1. The summed E-state index contributed by atoms with van der Waals surface area (Å²) >= 11 is 11.9. The molecule has 1 heterocycles. The summed E-state index contributed by atoms with van der Waals surface area (Å²) in [5.74, 6) is 0.0801. The van der Waals surface area contributed by atoms with Gasteiger partial charge in [0.05, 0.1) is 10.6 Å². The molecule has 1 aliphatic heterocycles. The molecule has 1 aromatic carbocycles. The number of carbonyl (C=O) groups excluding carboxylic acids is 1. The number of carbonyl (C=O) groups is 1. The molecule has 0 bridgehead atoms. The quantitative estimate of drug-likeness (QED) is 0.763. The Hall–Kier alpha value is -0.490. The first-order valence-electron chi connectivity index (χ1n) is 5.93. The summed E-state index contributed by atoms with van der Waals surface area (Å²) in [5.41, 5.74) is 0.0625. The Kier molecular flexibility index (Phi) is 4.54. The Bertz CT molecular complexity index is 660. The second-order valence-corrected chi connectivity index (χ2v) is 8.20. The molecule has 1 atom stereocenters. The van der Waals surface area contributed by atoms with Crippen molar-refractivity contribution in [1.82, 2.24) is 4.90 Å². The van der Waals surface area contributed by atoms with Crippen molar-refractivity contribution in [2.24, 2.45) is 5.92 Å². The zero-order valence-electron chi connectivity index (χ0n) is 10.6. The third-order valence-corrected chi connectivity index (χ3v) is 5.29. The Morgan fingerprint density at radius 1 is 1.35 bits per heavy atom. The summed E-state index contributed by atoms with van der Waals surface area (Å²) in [5, 5.41) is -0.0850. The smallest absolute Gasteiger partial charge is 0.262 e. The van der Waals surface area contributed by atoms with Crippen molar-refractivity contribution >= 4 is 48.8 Å². The van der Waals surface area contributed by atoms with Crippen LogP contribution in [0.25, 0.3) is 0 Å². The highest BCUT2D eigenvalue weighted by Gasteiger charge is 2.28. The first-order chi connectivity index (χ1) is 9.20. The fourth-order valence-electron chi connectivity index (χ4n) is 2.19. The summed E-state index contributed by atoms with van der Waals surface area (Å²) in [6, 6.07) is 2.50. The highest BCUT2D eigenvalue weighted by molar-refractivity contribution is 8.13. The SMILES string of the molecule is CC1CCN(C(=O)c2cc(Cl)cc(S(=O)(=O)Cl)c2Cl)C1. The average Bonchev–Trinajstić information content (AvgIpc) is 2.76. The number of hydrogen-bond donors (Lipinski definition) is 0. The van der Waals surface area contributed by atoms with Crippen molar-refractivity contribution in [3.05, 3.63) is 27.7 Å². The minimum absolute atomic E-state index is 0.0625. The van der Waals surface area contributed by atoms with E-state index in [0.717, 1.165) is 12.5 Å². The first kappa shape index (κ1) is 15.9. The summed E-state index contributed by atoms with van der Waals surface area (Å²) in [6.07, 6.45) is 0.907. The number of hydrogen-bond acceptors (Lipinski definition) is 3. The van der Waals surface area contributed by atoms with E-state index >= 15 is 0 Å². The first-order valence-corrected chi connectivity index (χ1v) is 8.99. The van der Waals surface area contributed by atoms with Crippen LogP contribution in [0.15, 0.2) is 17.0 Å². The van der Waals surface area contributed by atoms with Crippen molar-refractivity contribution in [2.75, 3.05) is 13.1 Å². The molecular weight excluding hydrogens is 345 g/mol. The van der Waals surface area contributed by atoms with Crippen LogP contribution in [0.2, 0.25) is 10.0 Å². The van der Waals surface area contributed by atoms with Crippen LogP contribution in [0.4, 0.5) is 0 Å². The molecule has 20 heavy (non-hydrogen) atoms. The number of nitrogens with zero attached hydrogens (tertiary/aromatic N) is 1. The topological polar surface area (TPSA) is 54.5 Å². The zero-order valence-corrected chi connectivity index (χ0v) is 13.7. The van der Waals surface area contributed by atoms with Gasteiger partial charge in [0.2, 0.25) is 0 Å². The number of likely N-dealkylation sites (tertiary alicyclic amines) is 1. The van der Waals surface area contributed by atoms with E-state index in [2.05, 4.69) is 0 Å². The lowest BCUT2D eigenvalue weighted by Gasteiger charge is -2.17. The molecule has 110 valence electrons. The molecule has 0 saturated carbocycles. The van der Waals surface area contributed by atoms with E-state index in [0.29, 0.717) is 19.0 Å². The minimum Gasteiger partial charge on any atom is -0.338 e. The van der Waals surface area contributed by atoms with Crippen LogP contribution in [0.3, 0.4) is 0 Å². The van der Waals surface area contributed by atoms with E-state index in [9.17, 15) is 13.2 Å². The van der Waals surface area contributed by atoms with E-state index in [4.69, 9.17) is 33.9 Å². The van der Waals surface area contributed by atoms with Crippen molar-refractivity contribution < 1.29 is 13.2 Å². The average molecular weight is 357 g/mol. The van der Waals surface area contributed by atoms with Gasteiger partial charge in [-0.25, -0.2) is 8.42 Å². The van der Waals surface area contributed by atoms with E-state index in [1.807, 2.05) is 6.92 Å². The van der Waals surface area contributed by atoms with E-state index in [1.165, 1.54) is 6.07 Å². The number of benzene rings is 1. The summed E-state index contributed by atoms with van der Waals surface area (Å²) < 4.78 is 22.9. The van der Waals surface area contributed by atoms with Crippen LogP contribution >= 0.6 is 33.9 Å². The van der Waals surface area contributed by atoms with Crippen molar-refractivity contribution in [3.63, 3.8) is 0 Å². The maximum atomic E-state index is 12.4. The van der Waals surface area contributed by atoms with Gasteiger partial charge in [-0.2, -0.15) is 0 Å². The van der Waals surface area contributed by atoms with Crippen molar-refractivity contribution in [1.29, 1.82) is 0 Å². The fraction of sp³-hybridized carbons (Fsp3) is 0.417. The van der Waals surface area contributed by atoms with Crippen LogP contribution in [0.1, 0.15) is 23.7 Å². The molecule has 1 amide bonds. The molecule has 0 aromatic heterocycles. The Balaban J connectivity index is 2.47. The molecule has 1 saturated heterocycles. The van der Waals surface area contributed by atoms with Crippen LogP contribution in [-0.2, 0) is 9.05 Å². The van der Waals surface area contributed by atoms with Crippen molar-refractivity contribution in [2.45, 2.75) is 18.2 Å². The molecule has 8 heteroatoms. The lowest BCUT2D eigenvalue weighted by Crippen LogP contribution is -2.28. The maximum absolute atomic E-state index is 12.4. The molecule has 4 nitrogen and oxygen atoms in total. The lowest BCUT2D eigenvalue weighted by molar-refractivity contribution is 0.0788. The molecule has 2 rings (SSSR count). The Morgan fingerprint density at radius 2 is 2.00 bits per heavy atom. The summed E-state index contributed by atoms with van der Waals surface area (Å²) in [6.45, 7) is 3.28. The van der Waals surface area contributed by atoms with Gasteiger partial charge in [0, 0.05) is 28.8 Å². The van der Waals surface area contributed by atoms with Crippen LogP contribution in [0, 0.1) is 5.92 Å². The summed E-state index contributed by atoms with van der Waals surface area (Å²) in [4.78, 5) is 13.7. The van der Waals surface area contributed by atoms with E-state index in [-0.39, 0.29) is 26.4 Å². The van der Waals surface area contributed by atoms with Gasteiger partial charge in [0.1, 0.15) is 4.90 Å². The third kappa shape index (κ3) is 3.22. The molecule has 0 spiro atoms. The molecular formula is C12H12Cl3NO3S. The second kappa shape index (κ2) is 5.72. The lowest BCUT2D eigenvalue weighted by atomic mass is 10.2.